The molecule has 0 aliphatic carbocycles. The van der Waals surface area contributed by atoms with Crippen LogP contribution in [-0.4, -0.2) is 23.7 Å². The van der Waals surface area contributed by atoms with Crippen LogP contribution in [0.1, 0.15) is 19.4 Å². The Labute approximate surface area is 166 Å². The molecule has 1 aliphatic heterocycles. The van der Waals surface area contributed by atoms with Gasteiger partial charge in [-0.3, -0.25) is 14.9 Å². The lowest BCUT2D eigenvalue weighted by Crippen LogP contribution is -2.14. The number of ether oxygens (including phenoxy) is 3. The maximum absolute atomic E-state index is 12.5. The van der Waals surface area contributed by atoms with Gasteiger partial charge in [0.05, 0.1) is 22.7 Å². The fourth-order valence-electron chi connectivity index (χ4n) is 2.64. The van der Waals surface area contributed by atoms with Gasteiger partial charge in [0.15, 0.2) is 11.5 Å². The van der Waals surface area contributed by atoms with Gasteiger partial charge in [0.2, 0.25) is 6.79 Å². The third-order valence-electron chi connectivity index (χ3n) is 3.85. The molecule has 2 aromatic carbocycles. The topological polar surface area (TPSA) is 124 Å². The minimum absolute atomic E-state index is 0.0397. The fourth-order valence-corrected chi connectivity index (χ4v) is 2.64. The summed E-state index contributed by atoms with van der Waals surface area (Å²) < 4.78 is 15.9. The van der Waals surface area contributed by atoms with E-state index in [2.05, 4.69) is 5.32 Å². The second-order valence-corrected chi connectivity index (χ2v) is 6.34. The highest BCUT2D eigenvalue weighted by Crippen LogP contribution is 2.38. The molecule has 1 heterocycles. The van der Waals surface area contributed by atoms with Gasteiger partial charge in [-0.2, -0.15) is 5.26 Å². The fraction of sp³-hybridized carbons (Fsp3) is 0.200. The summed E-state index contributed by atoms with van der Waals surface area (Å²) in [6.45, 7) is 3.69. The summed E-state index contributed by atoms with van der Waals surface area (Å²) in [6, 6.07) is 11.0. The van der Waals surface area contributed by atoms with Crippen molar-refractivity contribution in [3.05, 3.63) is 57.6 Å². The normalized spacial score (nSPS) is 12.4. The van der Waals surface area contributed by atoms with Crippen molar-refractivity contribution < 1.29 is 23.9 Å². The standard InChI is InChI=1S/C20H17N3O6/c1-12(2)29-16-5-3-4-15(8-16)22-20(24)14(10-21)6-13-7-18-19(28-11-27-18)9-17(13)23(25)26/h3-9,12H,11H2,1-2H3,(H,22,24)/b14-6+. The van der Waals surface area contributed by atoms with Crippen molar-refractivity contribution in [1.82, 2.24) is 0 Å². The molecule has 1 aliphatic rings. The molecule has 0 saturated carbocycles. The van der Waals surface area contributed by atoms with Gasteiger partial charge in [0, 0.05) is 11.8 Å². The molecule has 29 heavy (non-hydrogen) atoms. The molecule has 3 rings (SSSR count). The molecular weight excluding hydrogens is 378 g/mol. The Bertz CT molecular complexity index is 1040. The van der Waals surface area contributed by atoms with Gasteiger partial charge in [0.1, 0.15) is 17.4 Å². The van der Waals surface area contributed by atoms with Gasteiger partial charge in [-0.05, 0) is 38.1 Å². The molecular formula is C20H17N3O6. The highest BCUT2D eigenvalue weighted by molar-refractivity contribution is 6.10. The van der Waals surface area contributed by atoms with E-state index in [1.54, 1.807) is 30.3 Å². The van der Waals surface area contributed by atoms with Crippen LogP contribution in [0.25, 0.3) is 6.08 Å². The first-order chi connectivity index (χ1) is 13.9. The predicted octanol–water partition coefficient (Wildman–Crippen LogP) is 3.66. The molecule has 0 radical (unpaired) electrons. The van der Waals surface area contributed by atoms with Crippen LogP contribution in [0.5, 0.6) is 17.2 Å². The smallest absolute Gasteiger partial charge is 0.280 e. The monoisotopic (exact) mass is 395 g/mol. The first-order valence-electron chi connectivity index (χ1n) is 8.65. The van der Waals surface area contributed by atoms with Gasteiger partial charge in [-0.1, -0.05) is 6.07 Å². The van der Waals surface area contributed by atoms with E-state index in [9.17, 15) is 20.2 Å². The first kappa shape index (κ1) is 19.7. The summed E-state index contributed by atoms with van der Waals surface area (Å²) >= 11 is 0. The lowest BCUT2D eigenvalue weighted by atomic mass is 10.1. The van der Waals surface area contributed by atoms with Crippen molar-refractivity contribution in [2.45, 2.75) is 20.0 Å². The average molecular weight is 395 g/mol. The molecule has 0 aromatic heterocycles. The third kappa shape index (κ3) is 4.62. The summed E-state index contributed by atoms with van der Waals surface area (Å²) in [5.41, 5.74) is -0.124. The zero-order chi connectivity index (χ0) is 21.0. The second-order valence-electron chi connectivity index (χ2n) is 6.34. The second kappa shape index (κ2) is 8.31. The molecule has 0 unspecified atom stereocenters. The van der Waals surface area contributed by atoms with Crippen LogP contribution >= 0.6 is 0 Å². The Kier molecular flexibility index (Phi) is 5.64. The number of hydrogen-bond acceptors (Lipinski definition) is 7. The highest BCUT2D eigenvalue weighted by atomic mass is 16.7. The lowest BCUT2D eigenvalue weighted by Gasteiger charge is -2.11. The SMILES string of the molecule is CC(C)Oc1cccc(NC(=O)/C(C#N)=C/c2cc3c(cc2[N+](=O)[O-])OCO3)c1. The zero-order valence-electron chi connectivity index (χ0n) is 15.7. The molecule has 0 fully saturated rings. The predicted molar refractivity (Wildman–Crippen MR) is 104 cm³/mol. The maximum atomic E-state index is 12.5. The number of nitro benzene ring substituents is 1. The maximum Gasteiger partial charge on any atom is 0.280 e. The molecule has 1 N–H and O–H groups in total. The van der Waals surface area contributed by atoms with E-state index in [4.69, 9.17) is 14.2 Å². The molecule has 9 nitrogen and oxygen atoms in total. The van der Waals surface area contributed by atoms with Crippen LogP contribution in [0.15, 0.2) is 42.0 Å². The Morgan fingerprint density at radius 2 is 2.03 bits per heavy atom. The number of fused-ring (bicyclic) bond motifs is 1. The molecule has 9 heteroatoms. The van der Waals surface area contributed by atoms with Crippen molar-refractivity contribution in [2.75, 3.05) is 12.1 Å². The number of hydrogen-bond donors (Lipinski definition) is 1. The summed E-state index contributed by atoms with van der Waals surface area (Å²) in [4.78, 5) is 23.3. The van der Waals surface area contributed by atoms with Crippen molar-refractivity contribution in [2.24, 2.45) is 0 Å². The molecule has 0 spiro atoms. The van der Waals surface area contributed by atoms with E-state index in [-0.39, 0.29) is 35.5 Å². The number of benzene rings is 2. The number of carbonyl (C=O) groups excluding carboxylic acids is 1. The number of nitrogens with one attached hydrogen (secondary N) is 1. The third-order valence-corrected chi connectivity index (χ3v) is 3.85. The van der Waals surface area contributed by atoms with E-state index < -0.39 is 10.8 Å². The van der Waals surface area contributed by atoms with E-state index >= 15 is 0 Å². The molecule has 0 bridgehead atoms. The molecule has 148 valence electrons. The number of amides is 1. The Balaban J connectivity index is 1.88. The van der Waals surface area contributed by atoms with Crippen molar-refractivity contribution >= 4 is 23.4 Å². The average Bonchev–Trinajstić information content (AvgIpc) is 3.12. The van der Waals surface area contributed by atoms with E-state index in [0.717, 1.165) is 6.08 Å². The van der Waals surface area contributed by atoms with Crippen LogP contribution < -0.4 is 19.5 Å². The van der Waals surface area contributed by atoms with Gasteiger partial charge in [-0.15, -0.1) is 0 Å². The minimum atomic E-state index is -0.707. The number of nitrogens with zero attached hydrogens (tertiary/aromatic N) is 2. The van der Waals surface area contributed by atoms with Crippen molar-refractivity contribution in [1.29, 1.82) is 5.26 Å². The molecule has 0 saturated heterocycles. The summed E-state index contributed by atoms with van der Waals surface area (Å²) in [6.07, 6.45) is 1.10. The molecule has 2 aromatic rings. The van der Waals surface area contributed by atoms with Crippen LogP contribution in [0.2, 0.25) is 0 Å². The Hall–Kier alpha value is -4.06. The van der Waals surface area contributed by atoms with E-state index in [0.29, 0.717) is 17.2 Å². The lowest BCUT2D eigenvalue weighted by molar-refractivity contribution is -0.385. The summed E-state index contributed by atoms with van der Waals surface area (Å²) in [5, 5.41) is 23.4. The highest BCUT2D eigenvalue weighted by Gasteiger charge is 2.23. The van der Waals surface area contributed by atoms with Crippen LogP contribution in [0, 0.1) is 21.4 Å². The number of nitro groups is 1. The first-order valence-corrected chi connectivity index (χ1v) is 8.65. The Morgan fingerprint density at radius 1 is 1.31 bits per heavy atom. The number of rotatable bonds is 6. The van der Waals surface area contributed by atoms with Gasteiger partial charge < -0.3 is 19.5 Å². The Morgan fingerprint density at radius 3 is 2.69 bits per heavy atom. The van der Waals surface area contributed by atoms with E-state index in [1.807, 2.05) is 13.8 Å². The number of nitriles is 1. The number of carbonyl (C=O) groups is 1. The quantitative estimate of drug-likeness (QED) is 0.342. The van der Waals surface area contributed by atoms with Crippen molar-refractivity contribution in [3.8, 4) is 23.3 Å². The van der Waals surface area contributed by atoms with Crippen LogP contribution in [0.4, 0.5) is 11.4 Å². The van der Waals surface area contributed by atoms with Gasteiger partial charge >= 0.3 is 0 Å². The summed E-state index contributed by atoms with van der Waals surface area (Å²) in [5.74, 6) is 0.393. The molecule has 1 amide bonds. The van der Waals surface area contributed by atoms with Crippen LogP contribution in [0.3, 0.4) is 0 Å². The van der Waals surface area contributed by atoms with Gasteiger partial charge in [0.25, 0.3) is 11.6 Å². The van der Waals surface area contributed by atoms with Crippen LogP contribution in [-0.2, 0) is 4.79 Å². The summed E-state index contributed by atoms with van der Waals surface area (Å²) in [7, 11) is 0. The largest absolute Gasteiger partial charge is 0.491 e. The van der Waals surface area contributed by atoms with Gasteiger partial charge in [-0.25, -0.2) is 0 Å². The molecule has 0 atom stereocenters. The number of anilines is 1. The van der Waals surface area contributed by atoms with Crippen molar-refractivity contribution in [3.63, 3.8) is 0 Å². The minimum Gasteiger partial charge on any atom is -0.491 e. The zero-order valence-corrected chi connectivity index (χ0v) is 15.7. The van der Waals surface area contributed by atoms with E-state index in [1.165, 1.54) is 12.1 Å².